The van der Waals surface area contributed by atoms with Crippen LogP contribution in [0, 0.1) is 5.92 Å². The highest BCUT2D eigenvalue weighted by Gasteiger charge is 2.51. The average Bonchev–Trinajstić information content (AvgIpc) is 3.47. The summed E-state index contributed by atoms with van der Waals surface area (Å²) in [7, 11) is 0. The quantitative estimate of drug-likeness (QED) is 0.435. The second kappa shape index (κ2) is 10.1. The minimum absolute atomic E-state index is 0.259. The van der Waals surface area contributed by atoms with E-state index in [2.05, 4.69) is 88.8 Å². The van der Waals surface area contributed by atoms with Gasteiger partial charge < -0.3 is 0 Å². The maximum Gasteiger partial charge on any atom is 0.0226 e. The van der Waals surface area contributed by atoms with Gasteiger partial charge >= 0.3 is 0 Å². The minimum atomic E-state index is 0.259. The van der Waals surface area contributed by atoms with Crippen LogP contribution in [-0.2, 0) is 0 Å². The highest BCUT2D eigenvalue weighted by molar-refractivity contribution is 5.07. The Morgan fingerprint density at radius 2 is 1.36 bits per heavy atom. The third-order valence-corrected chi connectivity index (χ3v) is 10.5. The Morgan fingerprint density at radius 3 is 1.94 bits per heavy atom. The summed E-state index contributed by atoms with van der Waals surface area (Å²) in [6.45, 7) is 33.3. The van der Waals surface area contributed by atoms with Gasteiger partial charge in [0.25, 0.3) is 0 Å². The predicted molar refractivity (Wildman–Crippen MR) is 144 cm³/mol. The van der Waals surface area contributed by atoms with Gasteiger partial charge in [-0.3, -0.25) is 19.6 Å². The molecule has 3 atom stereocenters. The lowest BCUT2D eigenvalue weighted by atomic mass is 9.85. The van der Waals surface area contributed by atoms with E-state index in [1.54, 1.807) is 0 Å². The van der Waals surface area contributed by atoms with E-state index in [1.165, 1.54) is 84.3 Å². The van der Waals surface area contributed by atoms with Crippen LogP contribution in [0.4, 0.5) is 0 Å². The molecule has 4 nitrogen and oxygen atoms in total. The van der Waals surface area contributed by atoms with Gasteiger partial charge in [0, 0.05) is 60.9 Å². The van der Waals surface area contributed by atoms with Gasteiger partial charge in [0.15, 0.2) is 0 Å². The van der Waals surface area contributed by atoms with E-state index in [9.17, 15) is 0 Å². The van der Waals surface area contributed by atoms with E-state index in [-0.39, 0.29) is 11.1 Å². The van der Waals surface area contributed by atoms with Crippen molar-refractivity contribution in [2.45, 2.75) is 136 Å². The zero-order valence-corrected chi connectivity index (χ0v) is 24.1. The molecule has 2 unspecified atom stereocenters. The van der Waals surface area contributed by atoms with Crippen molar-refractivity contribution in [2.75, 3.05) is 45.8 Å². The zero-order valence-electron chi connectivity index (χ0n) is 24.1. The van der Waals surface area contributed by atoms with Crippen molar-refractivity contribution in [1.82, 2.24) is 19.6 Å². The lowest BCUT2D eigenvalue weighted by molar-refractivity contribution is -0.0418. The topological polar surface area (TPSA) is 13.0 Å². The molecule has 1 saturated carbocycles. The van der Waals surface area contributed by atoms with Gasteiger partial charge in [-0.15, -0.1) is 0 Å². The van der Waals surface area contributed by atoms with Crippen LogP contribution in [-0.4, -0.2) is 93.6 Å². The molecule has 1 aliphatic carbocycles. The molecular formula is C29H58N4. The normalized spacial score (nSPS) is 32.2. The number of hydrogen-bond donors (Lipinski definition) is 0. The van der Waals surface area contributed by atoms with E-state index in [0.717, 1.165) is 5.92 Å². The van der Waals surface area contributed by atoms with E-state index in [0.29, 0.717) is 17.1 Å². The molecule has 194 valence electrons. The molecule has 3 fully saturated rings. The third kappa shape index (κ3) is 5.98. The number of rotatable bonds is 9. The van der Waals surface area contributed by atoms with Gasteiger partial charge in [0.1, 0.15) is 0 Å². The first-order chi connectivity index (χ1) is 15.3. The Labute approximate surface area is 207 Å². The van der Waals surface area contributed by atoms with Crippen molar-refractivity contribution in [1.29, 1.82) is 0 Å². The smallest absolute Gasteiger partial charge is 0.0226 e. The Bertz CT molecular complexity index is 642. The molecule has 0 N–H and O–H groups in total. The summed E-state index contributed by atoms with van der Waals surface area (Å²) < 4.78 is 0. The molecule has 2 heterocycles. The van der Waals surface area contributed by atoms with Gasteiger partial charge in [-0.25, -0.2) is 0 Å². The largest absolute Gasteiger partial charge is 0.297 e. The molecule has 0 bridgehead atoms. The Kier molecular flexibility index (Phi) is 8.37. The first kappa shape index (κ1) is 27.4. The molecule has 3 rings (SSSR count). The van der Waals surface area contributed by atoms with Gasteiger partial charge in [0.05, 0.1) is 0 Å². The second-order valence-corrected chi connectivity index (χ2v) is 13.8. The highest BCUT2D eigenvalue weighted by atomic mass is 15.3. The first-order valence-electron chi connectivity index (χ1n) is 14.3. The fourth-order valence-corrected chi connectivity index (χ4v) is 6.72. The molecule has 0 aromatic heterocycles. The molecule has 0 aromatic carbocycles. The molecule has 3 aliphatic rings. The minimum Gasteiger partial charge on any atom is -0.297 e. The third-order valence-electron chi connectivity index (χ3n) is 10.5. The lowest BCUT2D eigenvalue weighted by Crippen LogP contribution is -2.63. The standard InChI is InChI=1S/C29H58N4/c1-11-25-23-32(26(4,5)12-2)20-21-33(25)28(8,9)15-14-27(6,7)30-16-13-17-31(19-18-30)29(10)22-24(29)3/h24-25H,11-23H2,1-10H3/t24?,25-,29?/m0/s1. The Balaban J connectivity index is 1.57. The molecule has 0 radical (unpaired) electrons. The lowest BCUT2D eigenvalue weighted by Gasteiger charge is -2.53. The number of hydrogen-bond acceptors (Lipinski definition) is 4. The maximum atomic E-state index is 2.87. The van der Waals surface area contributed by atoms with Crippen molar-refractivity contribution in [3.05, 3.63) is 0 Å². The van der Waals surface area contributed by atoms with Crippen LogP contribution in [0.25, 0.3) is 0 Å². The molecule has 2 saturated heterocycles. The fraction of sp³-hybridized carbons (Fsp3) is 1.00. The Hall–Kier alpha value is -0.160. The van der Waals surface area contributed by atoms with Gasteiger partial charge in [-0.2, -0.15) is 0 Å². The van der Waals surface area contributed by atoms with Crippen LogP contribution in [0.5, 0.6) is 0 Å². The molecule has 0 amide bonds. The SMILES string of the molecule is CC[C@H]1CN(C(C)(C)CC)CCN1C(C)(C)CCC(C)(C)N1CCCN(C2(C)CC2C)CC1. The van der Waals surface area contributed by atoms with E-state index >= 15 is 0 Å². The van der Waals surface area contributed by atoms with Gasteiger partial charge in [0.2, 0.25) is 0 Å². The summed E-state index contributed by atoms with van der Waals surface area (Å²) >= 11 is 0. The maximum absolute atomic E-state index is 2.87. The van der Waals surface area contributed by atoms with E-state index < -0.39 is 0 Å². The summed E-state index contributed by atoms with van der Waals surface area (Å²) in [5.41, 5.74) is 1.35. The molecular weight excluding hydrogens is 404 g/mol. The molecule has 4 heteroatoms. The van der Waals surface area contributed by atoms with Crippen molar-refractivity contribution in [2.24, 2.45) is 5.92 Å². The summed E-state index contributed by atoms with van der Waals surface area (Å²) in [5, 5.41) is 0. The van der Waals surface area contributed by atoms with Gasteiger partial charge in [-0.1, -0.05) is 20.8 Å². The van der Waals surface area contributed by atoms with E-state index in [1.807, 2.05) is 0 Å². The van der Waals surface area contributed by atoms with Crippen LogP contribution in [0.15, 0.2) is 0 Å². The zero-order chi connectivity index (χ0) is 24.7. The van der Waals surface area contributed by atoms with Crippen LogP contribution in [0.1, 0.15) is 108 Å². The van der Waals surface area contributed by atoms with Crippen molar-refractivity contribution in [3.63, 3.8) is 0 Å². The van der Waals surface area contributed by atoms with Crippen LogP contribution in [0.3, 0.4) is 0 Å². The van der Waals surface area contributed by atoms with Crippen LogP contribution in [0.2, 0.25) is 0 Å². The summed E-state index contributed by atoms with van der Waals surface area (Å²) in [4.78, 5) is 11.2. The fourth-order valence-electron chi connectivity index (χ4n) is 6.72. The predicted octanol–water partition coefficient (Wildman–Crippen LogP) is 5.71. The van der Waals surface area contributed by atoms with Crippen molar-refractivity contribution >= 4 is 0 Å². The molecule has 0 aromatic rings. The average molecular weight is 463 g/mol. The van der Waals surface area contributed by atoms with E-state index in [4.69, 9.17) is 0 Å². The second-order valence-electron chi connectivity index (χ2n) is 13.8. The highest BCUT2D eigenvalue weighted by Crippen LogP contribution is 2.48. The summed E-state index contributed by atoms with van der Waals surface area (Å²) in [5.74, 6) is 0.882. The number of nitrogens with zero attached hydrogens (tertiary/aromatic N) is 4. The van der Waals surface area contributed by atoms with Crippen molar-refractivity contribution < 1.29 is 0 Å². The molecule has 2 aliphatic heterocycles. The Morgan fingerprint density at radius 1 is 0.758 bits per heavy atom. The molecule has 33 heavy (non-hydrogen) atoms. The first-order valence-corrected chi connectivity index (χ1v) is 14.3. The summed E-state index contributed by atoms with van der Waals surface area (Å²) in [6.07, 6.45) is 7.76. The molecule has 0 spiro atoms. The summed E-state index contributed by atoms with van der Waals surface area (Å²) in [6, 6.07) is 0.677. The monoisotopic (exact) mass is 462 g/mol. The van der Waals surface area contributed by atoms with Gasteiger partial charge in [-0.05, 0) is 106 Å². The van der Waals surface area contributed by atoms with Crippen molar-refractivity contribution in [3.8, 4) is 0 Å². The van der Waals surface area contributed by atoms with Crippen LogP contribution >= 0.6 is 0 Å². The van der Waals surface area contributed by atoms with Crippen LogP contribution < -0.4 is 0 Å². The number of piperazine rings is 1.